The lowest BCUT2D eigenvalue weighted by Gasteiger charge is -2.05. The number of benzene rings is 1. The molecule has 0 aliphatic carbocycles. The van der Waals surface area contributed by atoms with Gasteiger partial charge in [-0.3, -0.25) is 19.9 Å². The van der Waals surface area contributed by atoms with E-state index in [1.165, 1.54) is 6.20 Å². The molecule has 0 saturated carbocycles. The number of aromatic amines is 1. The third-order valence-electron chi connectivity index (χ3n) is 4.06. The molecule has 4 aromatic rings. The smallest absolute Gasteiger partial charge is 0.151 e. The number of carbonyl (C=O) groups excluding carboxylic acids is 1. The Kier molecular flexibility index (Phi) is 4.40. The summed E-state index contributed by atoms with van der Waals surface area (Å²) in [7, 11) is 0. The first-order chi connectivity index (χ1) is 13.2. The van der Waals surface area contributed by atoms with Crippen molar-refractivity contribution in [1.29, 1.82) is 0 Å². The summed E-state index contributed by atoms with van der Waals surface area (Å²) in [6.07, 6.45) is 11.1. The quantitative estimate of drug-likeness (QED) is 0.528. The Balaban J connectivity index is 1.48. The van der Waals surface area contributed by atoms with Gasteiger partial charge in [-0.2, -0.15) is 5.10 Å². The molecule has 7 nitrogen and oxygen atoms in total. The predicted octanol–water partition coefficient (Wildman–Crippen LogP) is 3.78. The molecule has 3 heterocycles. The fraction of sp³-hybridized carbons (Fsp3) is 0.0500. The molecule has 0 aliphatic heterocycles. The van der Waals surface area contributed by atoms with Gasteiger partial charge in [0, 0.05) is 17.1 Å². The van der Waals surface area contributed by atoms with E-state index in [0.717, 1.165) is 34.1 Å². The van der Waals surface area contributed by atoms with Crippen LogP contribution in [0.4, 0.5) is 11.5 Å². The van der Waals surface area contributed by atoms with Gasteiger partial charge in [0.15, 0.2) is 6.29 Å². The normalized spacial score (nSPS) is 11.1. The van der Waals surface area contributed by atoms with Crippen molar-refractivity contribution in [1.82, 2.24) is 25.1 Å². The van der Waals surface area contributed by atoms with Crippen molar-refractivity contribution in [3.05, 3.63) is 71.6 Å². The van der Waals surface area contributed by atoms with E-state index < -0.39 is 0 Å². The lowest BCUT2D eigenvalue weighted by atomic mass is 10.1. The zero-order valence-electron chi connectivity index (χ0n) is 14.5. The molecule has 0 fully saturated rings. The summed E-state index contributed by atoms with van der Waals surface area (Å²) < 4.78 is 0. The summed E-state index contributed by atoms with van der Waals surface area (Å²) in [6.45, 7) is 1.98. The molecular weight excluding hydrogens is 340 g/mol. The van der Waals surface area contributed by atoms with Crippen LogP contribution in [0.25, 0.3) is 23.1 Å². The van der Waals surface area contributed by atoms with Crippen molar-refractivity contribution < 1.29 is 4.79 Å². The van der Waals surface area contributed by atoms with E-state index >= 15 is 0 Å². The van der Waals surface area contributed by atoms with Crippen molar-refractivity contribution >= 4 is 40.8 Å². The first-order valence-corrected chi connectivity index (χ1v) is 8.33. The number of pyridine rings is 1. The summed E-state index contributed by atoms with van der Waals surface area (Å²) in [5.41, 5.74) is 4.98. The topological polar surface area (TPSA) is 96.5 Å². The largest absolute Gasteiger partial charge is 0.338 e. The van der Waals surface area contributed by atoms with Gasteiger partial charge in [0.05, 0.1) is 41.2 Å². The van der Waals surface area contributed by atoms with E-state index in [9.17, 15) is 4.79 Å². The molecule has 0 radical (unpaired) electrons. The number of aryl methyl sites for hydroxylation is 1. The number of nitrogens with zero attached hydrogens (tertiary/aromatic N) is 4. The van der Waals surface area contributed by atoms with Crippen molar-refractivity contribution in [2.75, 3.05) is 5.32 Å². The van der Waals surface area contributed by atoms with Crippen molar-refractivity contribution in [3.8, 4) is 0 Å². The van der Waals surface area contributed by atoms with Crippen LogP contribution >= 0.6 is 0 Å². The molecule has 0 amide bonds. The van der Waals surface area contributed by atoms with Gasteiger partial charge < -0.3 is 5.32 Å². The second kappa shape index (κ2) is 7.17. The number of hydrogen-bond donors (Lipinski definition) is 2. The summed E-state index contributed by atoms with van der Waals surface area (Å²) in [6, 6.07) is 7.81. The van der Waals surface area contributed by atoms with E-state index in [1.807, 2.05) is 31.2 Å². The van der Waals surface area contributed by atoms with Crippen LogP contribution in [-0.2, 0) is 0 Å². The Morgan fingerprint density at radius 3 is 2.74 bits per heavy atom. The molecular formula is C20H16N6O. The second-order valence-electron chi connectivity index (χ2n) is 6.02. The van der Waals surface area contributed by atoms with Crippen LogP contribution in [-0.4, -0.2) is 31.4 Å². The van der Waals surface area contributed by atoms with Crippen LogP contribution < -0.4 is 5.32 Å². The Bertz CT molecular complexity index is 1130. The molecule has 4 rings (SSSR count). The SMILES string of the molecule is Cc1n[nH]c2ccc(/C=C/c3cnc(Nc4cncc(C=O)c4)cn3)cc12. The minimum Gasteiger partial charge on any atom is -0.338 e. The van der Waals surface area contributed by atoms with Crippen LogP contribution in [0.1, 0.15) is 27.3 Å². The monoisotopic (exact) mass is 356 g/mol. The molecule has 0 spiro atoms. The van der Waals surface area contributed by atoms with Gasteiger partial charge in [0.1, 0.15) is 5.82 Å². The molecule has 3 aromatic heterocycles. The number of carbonyl (C=O) groups is 1. The van der Waals surface area contributed by atoms with Crippen LogP contribution in [0.5, 0.6) is 0 Å². The van der Waals surface area contributed by atoms with Gasteiger partial charge in [-0.25, -0.2) is 4.98 Å². The van der Waals surface area contributed by atoms with Gasteiger partial charge in [0.25, 0.3) is 0 Å². The van der Waals surface area contributed by atoms with E-state index in [-0.39, 0.29) is 0 Å². The van der Waals surface area contributed by atoms with Crippen LogP contribution in [0, 0.1) is 6.92 Å². The third-order valence-corrected chi connectivity index (χ3v) is 4.06. The molecule has 1 aromatic carbocycles. The molecule has 0 aliphatic rings. The number of hydrogen-bond acceptors (Lipinski definition) is 6. The zero-order chi connectivity index (χ0) is 18.6. The first kappa shape index (κ1) is 16.6. The molecule has 0 unspecified atom stereocenters. The Morgan fingerprint density at radius 1 is 1.00 bits per heavy atom. The van der Waals surface area contributed by atoms with Gasteiger partial charge in [-0.15, -0.1) is 0 Å². The van der Waals surface area contributed by atoms with Gasteiger partial charge in [-0.05, 0) is 36.8 Å². The fourth-order valence-corrected chi connectivity index (χ4v) is 2.68. The van der Waals surface area contributed by atoms with Gasteiger partial charge in [0.2, 0.25) is 0 Å². The summed E-state index contributed by atoms with van der Waals surface area (Å²) in [4.78, 5) is 23.5. The Hall–Kier alpha value is -3.87. The highest BCUT2D eigenvalue weighted by atomic mass is 16.1. The van der Waals surface area contributed by atoms with Gasteiger partial charge in [-0.1, -0.05) is 12.1 Å². The number of fused-ring (bicyclic) bond motifs is 1. The molecule has 132 valence electrons. The lowest BCUT2D eigenvalue weighted by molar-refractivity contribution is 0.112. The molecule has 2 N–H and O–H groups in total. The first-order valence-electron chi connectivity index (χ1n) is 8.33. The number of H-pyrrole nitrogens is 1. The van der Waals surface area contributed by atoms with Crippen molar-refractivity contribution in [2.24, 2.45) is 0 Å². The minimum absolute atomic E-state index is 0.498. The minimum atomic E-state index is 0.498. The summed E-state index contributed by atoms with van der Waals surface area (Å²) in [5.74, 6) is 0.576. The Morgan fingerprint density at radius 2 is 1.93 bits per heavy atom. The number of aromatic nitrogens is 5. The number of rotatable bonds is 5. The summed E-state index contributed by atoms with van der Waals surface area (Å²) in [5, 5.41) is 11.4. The van der Waals surface area contributed by atoms with Crippen molar-refractivity contribution in [3.63, 3.8) is 0 Å². The molecule has 0 atom stereocenters. The number of nitrogens with one attached hydrogen (secondary N) is 2. The molecule has 0 bridgehead atoms. The Labute approximate surface area is 155 Å². The fourth-order valence-electron chi connectivity index (χ4n) is 2.68. The van der Waals surface area contributed by atoms with E-state index in [0.29, 0.717) is 17.1 Å². The highest BCUT2D eigenvalue weighted by Crippen LogP contribution is 2.19. The average Bonchev–Trinajstić information content (AvgIpc) is 3.08. The molecule has 7 heteroatoms. The molecule has 0 saturated heterocycles. The maximum atomic E-state index is 10.8. The third kappa shape index (κ3) is 3.72. The number of aldehydes is 1. The number of anilines is 2. The second-order valence-corrected chi connectivity index (χ2v) is 6.02. The standard InChI is InChI=1S/C20H16N6O/c1-13-18-7-14(3-5-19(18)26-25-13)2-4-16-10-23-20(11-22-16)24-17-6-15(12-27)8-21-9-17/h2-12H,1H3,(H,23,24)(H,25,26)/b4-2+. The van der Waals surface area contributed by atoms with E-state index in [2.05, 4.69) is 36.5 Å². The maximum Gasteiger partial charge on any atom is 0.151 e. The van der Waals surface area contributed by atoms with Crippen molar-refractivity contribution in [2.45, 2.75) is 6.92 Å². The highest BCUT2D eigenvalue weighted by molar-refractivity contribution is 5.85. The van der Waals surface area contributed by atoms with E-state index in [4.69, 9.17) is 0 Å². The predicted molar refractivity (Wildman–Crippen MR) is 105 cm³/mol. The zero-order valence-corrected chi connectivity index (χ0v) is 14.5. The highest BCUT2D eigenvalue weighted by Gasteiger charge is 2.02. The average molecular weight is 356 g/mol. The van der Waals surface area contributed by atoms with E-state index in [1.54, 1.807) is 24.7 Å². The van der Waals surface area contributed by atoms with Crippen LogP contribution in [0.3, 0.4) is 0 Å². The van der Waals surface area contributed by atoms with Crippen LogP contribution in [0.15, 0.2) is 49.1 Å². The summed E-state index contributed by atoms with van der Waals surface area (Å²) >= 11 is 0. The van der Waals surface area contributed by atoms with Gasteiger partial charge >= 0.3 is 0 Å². The maximum absolute atomic E-state index is 10.8. The molecule has 27 heavy (non-hydrogen) atoms. The lowest BCUT2D eigenvalue weighted by Crippen LogP contribution is -1.96. The van der Waals surface area contributed by atoms with Crippen LogP contribution in [0.2, 0.25) is 0 Å².